The van der Waals surface area contributed by atoms with Gasteiger partial charge >= 0.3 is 0 Å². The molecular formula is C26H37NO2S. The lowest BCUT2D eigenvalue weighted by Crippen LogP contribution is -2.25. The summed E-state index contributed by atoms with van der Waals surface area (Å²) >= 11 is 1.75. The third kappa shape index (κ3) is 5.87. The molecule has 0 heterocycles. The summed E-state index contributed by atoms with van der Waals surface area (Å²) in [6.45, 7) is 23.4. The molecule has 0 spiro atoms. The highest BCUT2D eigenvalue weighted by Crippen LogP contribution is 2.43. The van der Waals surface area contributed by atoms with Gasteiger partial charge in [0.05, 0.1) is 0 Å². The number of aryl methyl sites for hydroxylation is 2. The summed E-state index contributed by atoms with van der Waals surface area (Å²) in [5.41, 5.74) is 4.51. The van der Waals surface area contributed by atoms with Gasteiger partial charge in [-0.15, -0.1) is 4.91 Å². The van der Waals surface area contributed by atoms with Crippen molar-refractivity contribution >= 4 is 17.4 Å². The minimum Gasteiger partial charge on any atom is -0.488 e. The summed E-state index contributed by atoms with van der Waals surface area (Å²) in [4.78, 5) is 13.7. The molecule has 0 N–H and O–H groups in total. The second-order valence-electron chi connectivity index (χ2n) is 11.2. The van der Waals surface area contributed by atoms with Crippen LogP contribution in [0, 0.1) is 18.8 Å². The first-order chi connectivity index (χ1) is 13.5. The van der Waals surface area contributed by atoms with Gasteiger partial charge in [0.15, 0.2) is 0 Å². The van der Waals surface area contributed by atoms with E-state index in [9.17, 15) is 4.91 Å². The second-order valence-corrected chi connectivity index (χ2v) is 12.2. The molecule has 30 heavy (non-hydrogen) atoms. The number of hydrogen-bond donors (Lipinski definition) is 0. The fraction of sp³-hybridized carbons (Fsp3) is 0.538. The fourth-order valence-electron chi connectivity index (χ4n) is 3.35. The zero-order valence-electron chi connectivity index (χ0n) is 20.5. The highest BCUT2D eigenvalue weighted by Gasteiger charge is 2.25. The molecule has 0 amide bonds. The van der Waals surface area contributed by atoms with Crippen molar-refractivity contribution in [2.45, 2.75) is 102 Å². The fourth-order valence-corrected chi connectivity index (χ4v) is 4.38. The van der Waals surface area contributed by atoms with E-state index in [1.807, 2.05) is 13.0 Å². The van der Waals surface area contributed by atoms with Crippen molar-refractivity contribution in [1.82, 2.24) is 0 Å². The molecule has 0 aliphatic rings. The molecule has 0 aromatic heterocycles. The molecule has 2 aromatic rings. The number of nitrogens with zero attached hydrogens (tertiary/aromatic N) is 1. The van der Waals surface area contributed by atoms with E-state index in [1.54, 1.807) is 11.8 Å². The van der Waals surface area contributed by atoms with E-state index in [2.05, 4.69) is 92.6 Å². The molecule has 0 fully saturated rings. The van der Waals surface area contributed by atoms with Crippen LogP contribution < -0.4 is 4.74 Å². The molecule has 0 saturated heterocycles. The largest absolute Gasteiger partial charge is 0.488 e. The molecule has 2 aromatic carbocycles. The molecule has 2 rings (SSSR count). The zero-order chi connectivity index (χ0) is 23.1. The maximum atomic E-state index is 11.4. The van der Waals surface area contributed by atoms with Crippen molar-refractivity contribution in [2.75, 3.05) is 0 Å². The summed E-state index contributed by atoms with van der Waals surface area (Å²) in [6.07, 6.45) is 0. The first-order valence-electron chi connectivity index (χ1n) is 10.5. The normalized spacial score (nSPS) is 12.8. The van der Waals surface area contributed by atoms with Gasteiger partial charge in [-0.3, -0.25) is 0 Å². The summed E-state index contributed by atoms with van der Waals surface area (Å²) in [6, 6.07) is 8.47. The van der Waals surface area contributed by atoms with Gasteiger partial charge in [-0.2, -0.15) is 0 Å². The average molecular weight is 428 g/mol. The van der Waals surface area contributed by atoms with E-state index < -0.39 is 0 Å². The molecule has 3 nitrogen and oxygen atoms in total. The monoisotopic (exact) mass is 427 g/mol. The number of rotatable bonds is 4. The van der Waals surface area contributed by atoms with E-state index >= 15 is 0 Å². The van der Waals surface area contributed by atoms with Crippen molar-refractivity contribution in [3.05, 3.63) is 51.4 Å². The summed E-state index contributed by atoms with van der Waals surface area (Å²) in [7, 11) is 0. The van der Waals surface area contributed by atoms with Crippen LogP contribution in [0.25, 0.3) is 0 Å². The van der Waals surface area contributed by atoms with Crippen LogP contribution in [-0.2, 0) is 10.8 Å². The minimum absolute atomic E-state index is 0.0412. The smallest absolute Gasteiger partial charge is 0.124 e. The highest BCUT2D eigenvalue weighted by molar-refractivity contribution is 7.99. The molecule has 4 heteroatoms. The van der Waals surface area contributed by atoms with E-state index in [4.69, 9.17) is 4.74 Å². The molecule has 164 valence electrons. The van der Waals surface area contributed by atoms with Crippen molar-refractivity contribution in [3.63, 3.8) is 0 Å². The van der Waals surface area contributed by atoms with Crippen LogP contribution in [0.2, 0.25) is 0 Å². The van der Waals surface area contributed by atoms with Crippen LogP contribution in [-0.4, -0.2) is 5.60 Å². The van der Waals surface area contributed by atoms with Gasteiger partial charge in [0.25, 0.3) is 0 Å². The molecule has 0 aliphatic heterocycles. The Morgan fingerprint density at radius 2 is 1.20 bits per heavy atom. The van der Waals surface area contributed by atoms with Crippen LogP contribution in [0.5, 0.6) is 5.75 Å². The Morgan fingerprint density at radius 3 is 1.63 bits per heavy atom. The maximum absolute atomic E-state index is 11.4. The first-order valence-corrected chi connectivity index (χ1v) is 11.3. The lowest BCUT2D eigenvalue weighted by Gasteiger charge is -2.29. The first kappa shape index (κ1) is 24.5. The van der Waals surface area contributed by atoms with E-state index in [-0.39, 0.29) is 16.4 Å². The van der Waals surface area contributed by atoms with Gasteiger partial charge < -0.3 is 4.74 Å². The van der Waals surface area contributed by atoms with Gasteiger partial charge in [-0.25, -0.2) is 0 Å². The third-order valence-electron chi connectivity index (χ3n) is 4.92. The van der Waals surface area contributed by atoms with Crippen molar-refractivity contribution in [2.24, 2.45) is 5.18 Å². The van der Waals surface area contributed by atoms with Crippen LogP contribution >= 0.6 is 11.8 Å². The van der Waals surface area contributed by atoms with Crippen molar-refractivity contribution < 1.29 is 4.74 Å². The zero-order valence-corrected chi connectivity index (χ0v) is 21.3. The van der Waals surface area contributed by atoms with Crippen LogP contribution in [0.15, 0.2) is 39.2 Å². The Bertz CT molecular complexity index is 941. The lowest BCUT2D eigenvalue weighted by molar-refractivity contribution is 0.127. The van der Waals surface area contributed by atoms with Gasteiger partial charge in [0.2, 0.25) is 0 Å². The van der Waals surface area contributed by atoms with Crippen LogP contribution in [0.3, 0.4) is 0 Å². The van der Waals surface area contributed by atoms with E-state index in [0.29, 0.717) is 5.69 Å². The second kappa shape index (κ2) is 8.37. The maximum Gasteiger partial charge on any atom is 0.124 e. The Labute approximate surface area is 187 Å². The van der Waals surface area contributed by atoms with Crippen molar-refractivity contribution in [3.8, 4) is 5.75 Å². The Morgan fingerprint density at radius 1 is 0.733 bits per heavy atom. The predicted octanol–water partition coefficient (Wildman–Crippen LogP) is 8.62. The molecule has 0 aliphatic carbocycles. The van der Waals surface area contributed by atoms with Crippen molar-refractivity contribution in [1.29, 1.82) is 0 Å². The standard InChI is InChI=1S/C26H37NO2S/c1-16-12-20(27-28)18(24(3,4)5)14-22(16)30-23-15-19(25(6,7)8)21(13-17(23)2)29-26(9,10)11/h12-15H,1-11H3. The molecule has 0 atom stereocenters. The van der Waals surface area contributed by atoms with E-state index in [1.165, 1.54) is 16.0 Å². The summed E-state index contributed by atoms with van der Waals surface area (Å²) in [5.74, 6) is 0.949. The predicted molar refractivity (Wildman–Crippen MR) is 130 cm³/mol. The summed E-state index contributed by atoms with van der Waals surface area (Å²) < 4.78 is 6.31. The Kier molecular flexibility index (Phi) is 6.83. The van der Waals surface area contributed by atoms with Gasteiger partial charge in [0.1, 0.15) is 17.0 Å². The van der Waals surface area contributed by atoms with Crippen LogP contribution in [0.1, 0.15) is 84.6 Å². The molecule has 0 radical (unpaired) electrons. The Hall–Kier alpha value is -1.81. The molecule has 0 saturated carbocycles. The molecule has 0 unspecified atom stereocenters. The van der Waals surface area contributed by atoms with Gasteiger partial charge in [-0.1, -0.05) is 53.3 Å². The Balaban J connectivity index is 2.60. The average Bonchev–Trinajstić information content (AvgIpc) is 2.54. The highest BCUT2D eigenvalue weighted by atomic mass is 32.2. The topological polar surface area (TPSA) is 38.7 Å². The van der Waals surface area contributed by atoms with E-state index in [0.717, 1.165) is 21.8 Å². The number of ether oxygens (including phenoxy) is 1. The lowest BCUT2D eigenvalue weighted by atomic mass is 9.85. The quantitative estimate of drug-likeness (QED) is 0.458. The number of hydrogen-bond acceptors (Lipinski definition) is 4. The molecular weight excluding hydrogens is 390 g/mol. The van der Waals surface area contributed by atoms with Crippen LogP contribution in [0.4, 0.5) is 5.69 Å². The number of nitroso groups, excluding NO2 is 1. The number of benzene rings is 2. The van der Waals surface area contributed by atoms with Gasteiger partial charge in [-0.05, 0) is 91.6 Å². The third-order valence-corrected chi connectivity index (χ3v) is 6.24. The minimum atomic E-state index is -0.253. The molecule has 0 bridgehead atoms. The van der Waals surface area contributed by atoms with Gasteiger partial charge in [0, 0.05) is 15.4 Å². The SMILES string of the molecule is Cc1cc(N=O)c(C(C)(C)C)cc1Sc1cc(C(C)(C)C)c(OC(C)(C)C)cc1C. The summed E-state index contributed by atoms with van der Waals surface area (Å²) in [5, 5.41) is 3.28.